The Morgan fingerprint density at radius 1 is 1.07 bits per heavy atom. The molecule has 0 N–H and O–H groups in total. The van der Waals surface area contributed by atoms with Crippen LogP contribution < -0.4 is 14.3 Å². The molecule has 1 amide bonds. The average Bonchev–Trinajstić information content (AvgIpc) is 3.08. The molecule has 0 saturated heterocycles. The molecule has 1 heterocycles. The summed E-state index contributed by atoms with van der Waals surface area (Å²) in [5.41, 5.74) is 1.70. The molecule has 0 unspecified atom stereocenters. The van der Waals surface area contributed by atoms with Gasteiger partial charge < -0.3 is 18.8 Å². The molecule has 0 spiro atoms. The minimum atomic E-state index is -0.415. The van der Waals surface area contributed by atoms with Crippen LogP contribution >= 0.6 is 11.3 Å². The third-order valence-electron chi connectivity index (χ3n) is 4.26. The third kappa shape index (κ3) is 3.63. The molecule has 0 radical (unpaired) electrons. The van der Waals surface area contributed by atoms with Gasteiger partial charge in [-0.15, -0.1) is 0 Å². The molecule has 0 aliphatic rings. The number of carbonyl (C=O) groups is 2. The van der Waals surface area contributed by atoms with Crippen LogP contribution in [0.15, 0.2) is 41.4 Å². The lowest BCUT2D eigenvalue weighted by atomic mass is 10.2. The molecule has 2 aromatic carbocycles. The Labute approximate surface area is 165 Å². The number of esters is 1. The standard InChI is InChI=1S/C20H20N2O5S/c1-5-22-15-9-6-12(19(24)27-4)10-17(15)28-20(22)21-18(23)14-8-7-13(25-2)11-16(14)26-3/h6-11H,5H2,1-4H3. The van der Waals surface area contributed by atoms with E-state index in [9.17, 15) is 9.59 Å². The van der Waals surface area contributed by atoms with Gasteiger partial charge in [0.15, 0.2) is 4.80 Å². The summed E-state index contributed by atoms with van der Waals surface area (Å²) >= 11 is 1.34. The Hall–Kier alpha value is -3.13. The van der Waals surface area contributed by atoms with E-state index in [1.54, 1.807) is 37.4 Å². The number of hydrogen-bond acceptors (Lipinski definition) is 6. The molecule has 28 heavy (non-hydrogen) atoms. The van der Waals surface area contributed by atoms with Gasteiger partial charge in [0.05, 0.1) is 42.7 Å². The molecule has 7 nitrogen and oxygen atoms in total. The van der Waals surface area contributed by atoms with Gasteiger partial charge in [0.1, 0.15) is 11.5 Å². The summed E-state index contributed by atoms with van der Waals surface area (Å²) in [5.74, 6) is 0.164. The highest BCUT2D eigenvalue weighted by Crippen LogP contribution is 2.25. The second-order valence-corrected chi connectivity index (χ2v) is 6.80. The first-order valence-corrected chi connectivity index (χ1v) is 9.36. The van der Waals surface area contributed by atoms with E-state index in [2.05, 4.69) is 4.99 Å². The highest BCUT2D eigenvalue weighted by Gasteiger charge is 2.15. The Bertz CT molecular complexity index is 1110. The van der Waals surface area contributed by atoms with Crippen molar-refractivity contribution in [1.29, 1.82) is 0 Å². The van der Waals surface area contributed by atoms with Crippen molar-refractivity contribution in [2.75, 3.05) is 21.3 Å². The molecular weight excluding hydrogens is 380 g/mol. The van der Waals surface area contributed by atoms with E-state index in [0.29, 0.717) is 34.0 Å². The minimum absolute atomic E-state index is 0.346. The first-order chi connectivity index (χ1) is 13.5. The topological polar surface area (TPSA) is 79.1 Å². The second kappa shape index (κ2) is 8.26. The van der Waals surface area contributed by atoms with Crippen molar-refractivity contribution in [3.05, 3.63) is 52.3 Å². The van der Waals surface area contributed by atoms with Crippen LogP contribution in [-0.2, 0) is 11.3 Å². The van der Waals surface area contributed by atoms with E-state index in [1.807, 2.05) is 17.6 Å². The van der Waals surface area contributed by atoms with Gasteiger partial charge >= 0.3 is 5.97 Å². The zero-order chi connectivity index (χ0) is 20.3. The zero-order valence-corrected chi connectivity index (χ0v) is 16.8. The molecule has 0 aliphatic carbocycles. The number of thiazole rings is 1. The summed E-state index contributed by atoms with van der Waals surface area (Å²) in [5, 5.41) is 0. The third-order valence-corrected chi connectivity index (χ3v) is 5.30. The van der Waals surface area contributed by atoms with Crippen LogP contribution in [0.25, 0.3) is 10.2 Å². The number of amides is 1. The fourth-order valence-corrected chi connectivity index (χ4v) is 3.96. The minimum Gasteiger partial charge on any atom is -0.497 e. The molecule has 3 aromatic rings. The highest BCUT2D eigenvalue weighted by atomic mass is 32.1. The largest absolute Gasteiger partial charge is 0.497 e. The number of aryl methyl sites for hydroxylation is 1. The number of methoxy groups -OCH3 is 3. The Morgan fingerprint density at radius 2 is 1.86 bits per heavy atom. The van der Waals surface area contributed by atoms with Crippen LogP contribution in [0, 0.1) is 0 Å². The Morgan fingerprint density at radius 3 is 2.50 bits per heavy atom. The number of carbonyl (C=O) groups excluding carboxylic acids is 2. The van der Waals surface area contributed by atoms with E-state index in [0.717, 1.165) is 10.2 Å². The maximum atomic E-state index is 12.8. The van der Waals surface area contributed by atoms with E-state index < -0.39 is 11.9 Å². The lowest BCUT2D eigenvalue weighted by Crippen LogP contribution is -2.16. The summed E-state index contributed by atoms with van der Waals surface area (Å²) < 4.78 is 18.0. The van der Waals surface area contributed by atoms with Gasteiger partial charge in [-0.3, -0.25) is 4.79 Å². The fraction of sp³-hybridized carbons (Fsp3) is 0.250. The van der Waals surface area contributed by atoms with Gasteiger partial charge in [0.2, 0.25) is 0 Å². The lowest BCUT2D eigenvalue weighted by molar-refractivity contribution is 0.0600. The normalized spacial score (nSPS) is 11.5. The maximum absolute atomic E-state index is 12.8. The SMILES string of the molecule is CCn1c(=NC(=O)c2ccc(OC)cc2OC)sc2cc(C(=O)OC)ccc21. The number of nitrogens with zero attached hydrogens (tertiary/aromatic N) is 2. The summed E-state index contributed by atoms with van der Waals surface area (Å²) in [6, 6.07) is 10.2. The summed E-state index contributed by atoms with van der Waals surface area (Å²) in [6.45, 7) is 2.60. The van der Waals surface area contributed by atoms with Gasteiger partial charge in [0, 0.05) is 12.6 Å². The highest BCUT2D eigenvalue weighted by molar-refractivity contribution is 7.16. The Balaban J connectivity index is 2.10. The molecule has 8 heteroatoms. The van der Waals surface area contributed by atoms with Crippen LogP contribution in [0.3, 0.4) is 0 Å². The number of fused-ring (bicyclic) bond motifs is 1. The first kappa shape index (κ1) is 19.6. The van der Waals surface area contributed by atoms with Crippen LogP contribution in [0.1, 0.15) is 27.6 Å². The molecule has 0 fully saturated rings. The zero-order valence-electron chi connectivity index (χ0n) is 16.0. The second-order valence-electron chi connectivity index (χ2n) is 5.79. The predicted octanol–water partition coefficient (Wildman–Crippen LogP) is 3.27. The van der Waals surface area contributed by atoms with Crippen molar-refractivity contribution < 1.29 is 23.8 Å². The van der Waals surface area contributed by atoms with Gasteiger partial charge in [0.25, 0.3) is 5.91 Å². The molecule has 0 bridgehead atoms. The van der Waals surface area contributed by atoms with Crippen molar-refractivity contribution >= 4 is 33.4 Å². The van der Waals surface area contributed by atoms with E-state index in [4.69, 9.17) is 14.2 Å². The van der Waals surface area contributed by atoms with E-state index >= 15 is 0 Å². The molecule has 0 atom stereocenters. The lowest BCUT2D eigenvalue weighted by Gasteiger charge is -2.07. The van der Waals surface area contributed by atoms with Gasteiger partial charge in [-0.05, 0) is 37.3 Å². The fourth-order valence-electron chi connectivity index (χ4n) is 2.83. The molecule has 1 aromatic heterocycles. The van der Waals surface area contributed by atoms with Crippen LogP contribution in [-0.4, -0.2) is 37.8 Å². The smallest absolute Gasteiger partial charge is 0.337 e. The number of ether oxygens (including phenoxy) is 3. The van der Waals surface area contributed by atoms with Crippen LogP contribution in [0.4, 0.5) is 0 Å². The molecule has 146 valence electrons. The van der Waals surface area contributed by atoms with Gasteiger partial charge in [-0.1, -0.05) is 11.3 Å². The monoisotopic (exact) mass is 400 g/mol. The molecule has 3 rings (SSSR count). The van der Waals surface area contributed by atoms with Gasteiger partial charge in [-0.25, -0.2) is 4.79 Å². The van der Waals surface area contributed by atoms with Crippen LogP contribution in [0.5, 0.6) is 11.5 Å². The molecular formula is C20H20N2O5S. The average molecular weight is 400 g/mol. The van der Waals surface area contributed by atoms with Crippen molar-refractivity contribution in [3.8, 4) is 11.5 Å². The number of hydrogen-bond donors (Lipinski definition) is 0. The first-order valence-electron chi connectivity index (χ1n) is 8.55. The molecule has 0 saturated carbocycles. The van der Waals surface area contributed by atoms with Gasteiger partial charge in [-0.2, -0.15) is 4.99 Å². The predicted molar refractivity (Wildman–Crippen MR) is 106 cm³/mol. The summed E-state index contributed by atoms with van der Waals surface area (Å²) in [6.07, 6.45) is 0. The van der Waals surface area contributed by atoms with Crippen molar-refractivity contribution in [1.82, 2.24) is 4.57 Å². The number of aromatic nitrogens is 1. The van der Waals surface area contributed by atoms with E-state index in [-0.39, 0.29) is 0 Å². The van der Waals surface area contributed by atoms with E-state index in [1.165, 1.54) is 25.6 Å². The quantitative estimate of drug-likeness (QED) is 0.614. The summed E-state index contributed by atoms with van der Waals surface area (Å²) in [7, 11) is 4.38. The molecule has 0 aliphatic heterocycles. The number of rotatable bonds is 5. The summed E-state index contributed by atoms with van der Waals surface area (Å²) in [4.78, 5) is 29.4. The van der Waals surface area contributed by atoms with Crippen molar-refractivity contribution in [3.63, 3.8) is 0 Å². The van der Waals surface area contributed by atoms with Crippen molar-refractivity contribution in [2.45, 2.75) is 13.5 Å². The number of benzene rings is 2. The Kier molecular flexibility index (Phi) is 5.79. The van der Waals surface area contributed by atoms with Crippen molar-refractivity contribution in [2.24, 2.45) is 4.99 Å². The van der Waals surface area contributed by atoms with Crippen LogP contribution in [0.2, 0.25) is 0 Å². The maximum Gasteiger partial charge on any atom is 0.337 e.